The second-order valence-corrected chi connectivity index (χ2v) is 20.8. The van der Waals surface area contributed by atoms with E-state index < -0.39 is 63.1 Å². The van der Waals surface area contributed by atoms with Crippen LogP contribution in [0, 0.1) is 0 Å². The van der Waals surface area contributed by atoms with Crippen LogP contribution in [0.15, 0.2) is 85.1 Å². The first-order valence-electron chi connectivity index (χ1n) is 28.4. The zero-order valence-corrected chi connectivity index (χ0v) is 45.8. The third-order valence-corrected chi connectivity index (χ3v) is 13.8. The Morgan fingerprint density at radius 3 is 1.19 bits per heavy atom. The molecule has 416 valence electrons. The molecule has 12 nitrogen and oxygen atoms in total. The Hall–Kier alpha value is -2.48. The minimum Gasteiger partial charge on any atom is -0.457 e. The molecule has 0 radical (unpaired) electrons. The lowest BCUT2D eigenvalue weighted by molar-refractivity contribution is -0.220. The molecule has 6 N–H and O–H groups in total. The van der Waals surface area contributed by atoms with Crippen LogP contribution in [0.25, 0.3) is 0 Å². The average molecular weight is 1040 g/mol. The van der Waals surface area contributed by atoms with E-state index >= 15 is 0 Å². The summed E-state index contributed by atoms with van der Waals surface area (Å²) in [7, 11) is -5.05. The van der Waals surface area contributed by atoms with Crippen molar-refractivity contribution in [2.24, 2.45) is 0 Å². The van der Waals surface area contributed by atoms with Gasteiger partial charge in [0.2, 0.25) is 0 Å². The van der Waals surface area contributed by atoms with Crippen LogP contribution < -0.4 is 0 Å². The van der Waals surface area contributed by atoms with Gasteiger partial charge < -0.3 is 39.9 Å². The van der Waals surface area contributed by atoms with Crippen LogP contribution in [-0.4, -0.2) is 98.9 Å². The lowest BCUT2D eigenvalue weighted by Crippen LogP contribution is -2.64. The molecule has 0 aliphatic heterocycles. The summed E-state index contributed by atoms with van der Waals surface area (Å²) < 4.78 is 34.3. The van der Waals surface area contributed by atoms with Crippen LogP contribution in [0.1, 0.15) is 219 Å². The summed E-state index contributed by atoms with van der Waals surface area (Å²) >= 11 is 0. The van der Waals surface area contributed by atoms with Crippen molar-refractivity contribution >= 4 is 13.8 Å². The van der Waals surface area contributed by atoms with Gasteiger partial charge in [0.05, 0.1) is 13.2 Å². The number of phosphoric acid groups is 1. The maximum atomic E-state index is 12.9. The van der Waals surface area contributed by atoms with E-state index in [2.05, 4.69) is 86.8 Å². The molecule has 6 atom stereocenters. The van der Waals surface area contributed by atoms with Gasteiger partial charge >= 0.3 is 13.8 Å². The zero-order chi connectivity index (χ0) is 52.6. The second-order valence-electron chi connectivity index (χ2n) is 19.4. The van der Waals surface area contributed by atoms with Gasteiger partial charge in [-0.15, -0.1) is 0 Å². The van der Waals surface area contributed by atoms with Crippen molar-refractivity contribution in [3.63, 3.8) is 0 Å². The fourth-order valence-electron chi connectivity index (χ4n) is 8.35. The van der Waals surface area contributed by atoms with E-state index in [1.165, 1.54) is 122 Å². The number of hydrogen-bond acceptors (Lipinski definition) is 11. The molecule has 1 rings (SSSR count). The van der Waals surface area contributed by atoms with Crippen LogP contribution in [0.3, 0.4) is 0 Å². The number of allylic oxidation sites excluding steroid dienone is 14. The van der Waals surface area contributed by atoms with E-state index in [9.17, 15) is 39.8 Å². The van der Waals surface area contributed by atoms with Crippen LogP contribution in [0.4, 0.5) is 0 Å². The number of carbonyl (C=O) groups is 1. The fourth-order valence-corrected chi connectivity index (χ4v) is 9.32. The van der Waals surface area contributed by atoms with E-state index in [0.29, 0.717) is 19.4 Å². The molecular weight excluding hydrogens is 932 g/mol. The minimum atomic E-state index is -5.05. The van der Waals surface area contributed by atoms with E-state index in [1.807, 2.05) is 12.2 Å². The number of aliphatic hydroxyl groups is 5. The number of carbonyl (C=O) groups excluding carboxylic acids is 1. The van der Waals surface area contributed by atoms with Gasteiger partial charge in [-0.3, -0.25) is 13.8 Å². The molecule has 1 fully saturated rings. The molecule has 1 aliphatic carbocycles. The SMILES string of the molecule is CC/C=C\C/C=C\C/C=C\C/C=C\C/C=C\C/C=C\C/C=C\CCCC(=O)OC(COCCCCCCCCCCCCCCCCCCCCCCCC)COP(=O)(O)OC1C(O)C(O)C(O)C(O)C1O. The van der Waals surface area contributed by atoms with Crippen molar-refractivity contribution in [3.05, 3.63) is 85.1 Å². The van der Waals surface area contributed by atoms with Crippen molar-refractivity contribution in [1.29, 1.82) is 0 Å². The second kappa shape index (κ2) is 48.2. The van der Waals surface area contributed by atoms with Crippen LogP contribution >= 0.6 is 7.82 Å². The van der Waals surface area contributed by atoms with E-state index in [-0.39, 0.29) is 13.0 Å². The summed E-state index contributed by atoms with van der Waals surface area (Å²) in [5.74, 6) is -0.533. The number of unbranched alkanes of at least 4 members (excludes halogenated alkanes) is 22. The van der Waals surface area contributed by atoms with Gasteiger partial charge in [0, 0.05) is 13.0 Å². The molecule has 0 aromatic carbocycles. The van der Waals surface area contributed by atoms with Crippen molar-refractivity contribution in [1.82, 2.24) is 0 Å². The van der Waals surface area contributed by atoms with Crippen molar-refractivity contribution in [2.45, 2.75) is 262 Å². The molecular formula is C59H103O12P. The largest absolute Gasteiger partial charge is 0.472 e. The summed E-state index contributed by atoms with van der Waals surface area (Å²) in [4.78, 5) is 23.3. The highest BCUT2D eigenvalue weighted by molar-refractivity contribution is 7.47. The predicted octanol–water partition coefficient (Wildman–Crippen LogP) is 13.7. The number of ether oxygens (including phenoxy) is 2. The van der Waals surface area contributed by atoms with Gasteiger partial charge in [0.25, 0.3) is 0 Å². The standard InChI is InChI=1S/C59H103O12P/c1-3-5-7-9-11-13-15-17-19-21-23-25-27-28-30-32-34-36-38-40-42-44-46-48-53(60)70-52(51-69-72(66,67)71-59-57(64)55(62)54(61)56(63)58(59)65)50-68-49-47-45-43-41-39-37-35-33-31-29-26-24-22-20-18-16-14-12-10-8-6-4-2/h5,7,11,13,17,19,23,25,28,30,34,36,40,42,52,54-59,61-65H,3-4,6,8-10,12,14-16,18,20-22,24,26-27,29,31-33,35,37-39,41,43-51H2,1-2H3,(H,66,67)/b7-5-,13-11-,19-17-,25-23-,30-28-,36-34-,42-40-. The third-order valence-electron chi connectivity index (χ3n) is 12.8. The number of phosphoric ester groups is 1. The van der Waals surface area contributed by atoms with Crippen molar-refractivity contribution < 1.29 is 58.3 Å². The van der Waals surface area contributed by atoms with E-state index in [4.69, 9.17) is 18.5 Å². The molecule has 0 spiro atoms. The number of hydrogen-bond donors (Lipinski definition) is 6. The fraction of sp³-hybridized carbons (Fsp3) is 0.746. The van der Waals surface area contributed by atoms with Gasteiger partial charge in [0.15, 0.2) is 0 Å². The number of aliphatic hydroxyl groups excluding tert-OH is 5. The summed E-state index contributed by atoms with van der Waals surface area (Å²) in [6.45, 7) is 4.12. The van der Waals surface area contributed by atoms with Crippen LogP contribution in [-0.2, 0) is 27.9 Å². The summed E-state index contributed by atoms with van der Waals surface area (Å²) in [5.41, 5.74) is 0. The minimum absolute atomic E-state index is 0.102. The Kier molecular flexibility index (Phi) is 45.2. The van der Waals surface area contributed by atoms with Crippen LogP contribution in [0.5, 0.6) is 0 Å². The highest BCUT2D eigenvalue weighted by Gasteiger charge is 2.51. The number of rotatable bonds is 48. The van der Waals surface area contributed by atoms with Gasteiger partial charge in [-0.1, -0.05) is 234 Å². The first-order chi connectivity index (χ1) is 35.0. The van der Waals surface area contributed by atoms with Gasteiger partial charge in [0.1, 0.15) is 42.7 Å². The molecule has 0 aromatic rings. The van der Waals surface area contributed by atoms with E-state index in [0.717, 1.165) is 64.2 Å². The summed E-state index contributed by atoms with van der Waals surface area (Å²) in [6, 6.07) is 0. The predicted molar refractivity (Wildman–Crippen MR) is 294 cm³/mol. The Morgan fingerprint density at radius 2 is 0.806 bits per heavy atom. The molecule has 0 aromatic heterocycles. The maximum absolute atomic E-state index is 12.9. The molecule has 6 unspecified atom stereocenters. The molecule has 0 amide bonds. The monoisotopic (exact) mass is 1030 g/mol. The Morgan fingerprint density at radius 1 is 0.458 bits per heavy atom. The maximum Gasteiger partial charge on any atom is 0.472 e. The summed E-state index contributed by atoms with van der Waals surface area (Å²) in [6.07, 6.45) is 53.7. The molecule has 1 saturated carbocycles. The number of esters is 1. The Balaban J connectivity index is 2.35. The lowest BCUT2D eigenvalue weighted by atomic mass is 9.85. The molecule has 0 saturated heterocycles. The molecule has 0 heterocycles. The zero-order valence-electron chi connectivity index (χ0n) is 45.0. The van der Waals surface area contributed by atoms with Gasteiger partial charge in [-0.25, -0.2) is 4.57 Å². The smallest absolute Gasteiger partial charge is 0.457 e. The van der Waals surface area contributed by atoms with E-state index in [1.54, 1.807) is 0 Å². The van der Waals surface area contributed by atoms with Gasteiger partial charge in [-0.05, 0) is 64.2 Å². The Labute approximate surface area is 437 Å². The lowest BCUT2D eigenvalue weighted by Gasteiger charge is -2.41. The quantitative estimate of drug-likeness (QED) is 0.0146. The Bertz CT molecular complexity index is 1510. The third kappa shape index (κ3) is 39.0. The topological polar surface area (TPSA) is 192 Å². The van der Waals surface area contributed by atoms with Crippen molar-refractivity contribution in [3.8, 4) is 0 Å². The molecule has 72 heavy (non-hydrogen) atoms. The molecule has 13 heteroatoms. The van der Waals surface area contributed by atoms with Gasteiger partial charge in [-0.2, -0.15) is 0 Å². The first-order valence-corrected chi connectivity index (χ1v) is 29.9. The van der Waals surface area contributed by atoms with Crippen molar-refractivity contribution in [2.75, 3.05) is 19.8 Å². The molecule has 0 bridgehead atoms. The van der Waals surface area contributed by atoms with Crippen LogP contribution in [0.2, 0.25) is 0 Å². The normalized spacial score (nSPS) is 21.3. The molecule has 1 aliphatic rings. The summed E-state index contributed by atoms with van der Waals surface area (Å²) in [5, 5.41) is 50.4. The average Bonchev–Trinajstić information content (AvgIpc) is 3.37. The first kappa shape index (κ1) is 67.5. The highest BCUT2D eigenvalue weighted by Crippen LogP contribution is 2.47. The highest BCUT2D eigenvalue weighted by atomic mass is 31.2.